The lowest BCUT2D eigenvalue weighted by molar-refractivity contribution is -0.133. The molecule has 7 nitrogen and oxygen atoms in total. The van der Waals surface area contributed by atoms with Gasteiger partial charge in [0.2, 0.25) is 0 Å². The van der Waals surface area contributed by atoms with Crippen molar-refractivity contribution in [3.05, 3.63) is 71.8 Å². The number of nitrogens with zero attached hydrogens (tertiary/aromatic N) is 2. The second-order valence-corrected chi connectivity index (χ2v) is 7.26. The number of imide groups is 1. The molecule has 0 unspecified atom stereocenters. The van der Waals surface area contributed by atoms with Crippen LogP contribution in [0.3, 0.4) is 0 Å². The van der Waals surface area contributed by atoms with Gasteiger partial charge in [-0.2, -0.15) is 0 Å². The molecule has 1 heterocycles. The van der Waals surface area contributed by atoms with Crippen LogP contribution in [0.15, 0.2) is 60.7 Å². The molecule has 2 N–H and O–H groups in total. The van der Waals surface area contributed by atoms with E-state index < -0.39 is 36.0 Å². The normalized spacial score (nSPS) is 21.0. The maximum absolute atomic E-state index is 13.3. The van der Waals surface area contributed by atoms with Crippen molar-refractivity contribution in [3.8, 4) is 0 Å². The van der Waals surface area contributed by atoms with E-state index in [1.807, 2.05) is 37.3 Å². The summed E-state index contributed by atoms with van der Waals surface area (Å²) in [7, 11) is 1.64. The van der Waals surface area contributed by atoms with Crippen LogP contribution in [0.5, 0.6) is 0 Å². The van der Waals surface area contributed by atoms with Crippen LogP contribution in [0.1, 0.15) is 35.8 Å². The Bertz CT molecular complexity index is 885. The molecule has 0 bridgehead atoms. The van der Waals surface area contributed by atoms with E-state index in [4.69, 9.17) is 0 Å². The molecule has 0 aromatic heterocycles. The minimum atomic E-state index is -1.25. The van der Waals surface area contributed by atoms with Crippen LogP contribution in [-0.4, -0.2) is 58.0 Å². The summed E-state index contributed by atoms with van der Waals surface area (Å²) >= 11 is 0. The molecule has 1 aliphatic heterocycles. The lowest BCUT2D eigenvalue weighted by Gasteiger charge is -2.29. The Morgan fingerprint density at radius 1 is 1.03 bits per heavy atom. The summed E-state index contributed by atoms with van der Waals surface area (Å²) in [6.45, 7) is 3.28. The Morgan fingerprint density at radius 2 is 1.59 bits per heavy atom. The van der Waals surface area contributed by atoms with Crippen molar-refractivity contribution in [2.24, 2.45) is 0 Å². The fourth-order valence-electron chi connectivity index (χ4n) is 3.55. The fraction of sp³-hybridized carbons (Fsp3) is 0.318. The number of carbonyl (C=O) groups excluding carboxylic acids is 3. The minimum absolute atomic E-state index is 0.256. The Balaban J connectivity index is 1.91. The summed E-state index contributed by atoms with van der Waals surface area (Å²) < 4.78 is 0. The number of carbonyl (C=O) groups is 3. The molecule has 1 aliphatic rings. The summed E-state index contributed by atoms with van der Waals surface area (Å²) in [6, 6.07) is 15.2. The van der Waals surface area contributed by atoms with E-state index in [-0.39, 0.29) is 6.04 Å². The SMILES string of the molecule is C[C@H](O)[C@@H](NC(=O)c1ccccc1)C(=O)N1C(=O)N(C)[C@@H](C)[C@H]1c1ccccc1. The summed E-state index contributed by atoms with van der Waals surface area (Å²) in [5, 5.41) is 12.8. The molecule has 1 fully saturated rings. The second-order valence-electron chi connectivity index (χ2n) is 7.26. The summed E-state index contributed by atoms with van der Waals surface area (Å²) in [5.74, 6) is -1.13. The number of aliphatic hydroxyl groups excluding tert-OH is 1. The van der Waals surface area contributed by atoms with E-state index in [2.05, 4.69) is 5.32 Å². The lowest BCUT2D eigenvalue weighted by atomic mass is 9.99. The van der Waals surface area contributed by atoms with Gasteiger partial charge in [0.1, 0.15) is 6.04 Å². The van der Waals surface area contributed by atoms with Crippen molar-refractivity contribution in [2.45, 2.75) is 38.1 Å². The summed E-state index contributed by atoms with van der Waals surface area (Å²) in [5.41, 5.74) is 1.17. The predicted octanol–water partition coefficient (Wildman–Crippen LogP) is 2.19. The largest absolute Gasteiger partial charge is 0.391 e. The number of rotatable bonds is 5. The number of hydrogen-bond donors (Lipinski definition) is 2. The molecule has 4 amide bonds. The number of hydrogen-bond acceptors (Lipinski definition) is 4. The van der Waals surface area contributed by atoms with Crippen molar-refractivity contribution in [1.82, 2.24) is 15.1 Å². The van der Waals surface area contributed by atoms with Gasteiger partial charge < -0.3 is 15.3 Å². The van der Waals surface area contributed by atoms with Crippen LogP contribution >= 0.6 is 0 Å². The highest BCUT2D eigenvalue weighted by Crippen LogP contribution is 2.35. The Labute approximate surface area is 169 Å². The zero-order valence-corrected chi connectivity index (χ0v) is 16.6. The van der Waals surface area contributed by atoms with Crippen LogP contribution in [0.2, 0.25) is 0 Å². The van der Waals surface area contributed by atoms with Gasteiger partial charge >= 0.3 is 6.03 Å². The fourth-order valence-corrected chi connectivity index (χ4v) is 3.55. The number of aliphatic hydroxyl groups is 1. The predicted molar refractivity (Wildman–Crippen MR) is 108 cm³/mol. The average Bonchev–Trinajstić information content (AvgIpc) is 2.96. The summed E-state index contributed by atoms with van der Waals surface area (Å²) in [6.07, 6.45) is -1.18. The zero-order chi connectivity index (χ0) is 21.1. The molecule has 0 aliphatic carbocycles. The number of likely N-dealkylation sites (N-methyl/N-ethyl adjacent to an activating group) is 1. The Kier molecular flexibility index (Phi) is 5.98. The molecule has 0 radical (unpaired) electrons. The van der Waals surface area contributed by atoms with Crippen LogP contribution in [0.25, 0.3) is 0 Å². The van der Waals surface area contributed by atoms with E-state index in [9.17, 15) is 19.5 Å². The first-order valence-corrected chi connectivity index (χ1v) is 9.51. The maximum Gasteiger partial charge on any atom is 0.327 e. The molecule has 1 saturated heterocycles. The van der Waals surface area contributed by atoms with E-state index >= 15 is 0 Å². The highest BCUT2D eigenvalue weighted by atomic mass is 16.3. The molecule has 2 aromatic carbocycles. The van der Waals surface area contributed by atoms with Crippen LogP contribution in [0.4, 0.5) is 4.79 Å². The molecule has 2 aromatic rings. The van der Waals surface area contributed by atoms with Crippen molar-refractivity contribution >= 4 is 17.8 Å². The highest BCUT2D eigenvalue weighted by Gasteiger charge is 2.48. The van der Waals surface area contributed by atoms with Gasteiger partial charge in [-0.05, 0) is 31.5 Å². The van der Waals surface area contributed by atoms with Gasteiger partial charge in [0.05, 0.1) is 18.2 Å². The van der Waals surface area contributed by atoms with Gasteiger partial charge in [0.15, 0.2) is 0 Å². The van der Waals surface area contributed by atoms with Crippen molar-refractivity contribution in [3.63, 3.8) is 0 Å². The standard InChI is InChI=1S/C22H25N3O4/c1-14-19(16-10-6-4-7-11-16)25(22(29)24(14)3)21(28)18(15(2)26)23-20(27)17-12-8-5-9-13-17/h4-15,18-19,26H,1-3H3,(H,23,27)/t14-,15-,18+,19-/m0/s1. The van der Waals surface area contributed by atoms with Crippen LogP contribution < -0.4 is 5.32 Å². The highest BCUT2D eigenvalue weighted by molar-refractivity contribution is 6.03. The van der Waals surface area contributed by atoms with Crippen molar-refractivity contribution in [1.29, 1.82) is 0 Å². The Hall–Kier alpha value is -3.19. The molecule has 7 heteroatoms. The third-order valence-corrected chi connectivity index (χ3v) is 5.30. The Morgan fingerprint density at radius 3 is 2.14 bits per heavy atom. The molecular formula is C22H25N3O4. The lowest BCUT2D eigenvalue weighted by Crippen LogP contribution is -2.54. The van der Waals surface area contributed by atoms with Gasteiger partial charge in [0.25, 0.3) is 11.8 Å². The van der Waals surface area contributed by atoms with Crippen molar-refractivity contribution in [2.75, 3.05) is 7.05 Å². The maximum atomic E-state index is 13.3. The molecule has 3 rings (SSSR count). The van der Waals surface area contributed by atoms with E-state index in [0.717, 1.165) is 10.5 Å². The van der Waals surface area contributed by atoms with Crippen LogP contribution in [0, 0.1) is 0 Å². The molecule has 152 valence electrons. The van der Waals surface area contributed by atoms with Gasteiger partial charge in [-0.25, -0.2) is 4.79 Å². The van der Waals surface area contributed by atoms with E-state index in [1.165, 1.54) is 11.8 Å². The molecule has 29 heavy (non-hydrogen) atoms. The average molecular weight is 395 g/mol. The minimum Gasteiger partial charge on any atom is -0.391 e. The second kappa shape index (κ2) is 8.45. The number of nitrogens with one attached hydrogen (secondary N) is 1. The quantitative estimate of drug-likeness (QED) is 0.812. The monoisotopic (exact) mass is 395 g/mol. The molecule has 0 saturated carbocycles. The summed E-state index contributed by atoms with van der Waals surface area (Å²) in [4.78, 5) is 41.4. The first-order chi connectivity index (χ1) is 13.8. The number of benzene rings is 2. The van der Waals surface area contributed by atoms with Gasteiger partial charge in [-0.15, -0.1) is 0 Å². The molecular weight excluding hydrogens is 370 g/mol. The van der Waals surface area contributed by atoms with Gasteiger partial charge in [-0.3, -0.25) is 14.5 Å². The zero-order valence-electron chi connectivity index (χ0n) is 16.6. The topological polar surface area (TPSA) is 90.0 Å². The van der Waals surface area contributed by atoms with Crippen LogP contribution in [-0.2, 0) is 4.79 Å². The molecule has 4 atom stereocenters. The third kappa shape index (κ3) is 4.00. The molecule has 0 spiro atoms. The van der Waals surface area contributed by atoms with Gasteiger partial charge in [-0.1, -0.05) is 48.5 Å². The number of urea groups is 1. The van der Waals surface area contributed by atoms with Crippen molar-refractivity contribution < 1.29 is 19.5 Å². The van der Waals surface area contributed by atoms with E-state index in [1.54, 1.807) is 37.4 Å². The van der Waals surface area contributed by atoms with Gasteiger partial charge in [0, 0.05) is 12.6 Å². The smallest absolute Gasteiger partial charge is 0.327 e. The first kappa shape index (κ1) is 20.5. The number of amides is 4. The third-order valence-electron chi connectivity index (χ3n) is 5.30. The van der Waals surface area contributed by atoms with E-state index in [0.29, 0.717) is 5.56 Å². The first-order valence-electron chi connectivity index (χ1n) is 9.51.